The number of hydrogen-bond donors (Lipinski definition) is 0. The second-order valence-electron chi connectivity index (χ2n) is 8.25. The Bertz CT molecular complexity index is 1250. The molecule has 2 unspecified atom stereocenters. The predicted molar refractivity (Wildman–Crippen MR) is 131 cm³/mol. The molecule has 34 heavy (non-hydrogen) atoms. The van der Waals surface area contributed by atoms with Gasteiger partial charge in [-0.2, -0.15) is 0 Å². The molecule has 0 bridgehead atoms. The minimum atomic E-state index is -3.87. The van der Waals surface area contributed by atoms with Crippen molar-refractivity contribution < 1.29 is 22.7 Å². The van der Waals surface area contributed by atoms with Crippen LogP contribution in [0.3, 0.4) is 0 Å². The number of carbonyl (C=O) groups excluding carboxylic acids is 1. The largest absolute Gasteiger partial charge is 0.497 e. The molecule has 3 aromatic carbocycles. The van der Waals surface area contributed by atoms with Crippen LogP contribution in [0.2, 0.25) is 0 Å². The van der Waals surface area contributed by atoms with Crippen molar-refractivity contribution in [3.63, 3.8) is 0 Å². The van der Waals surface area contributed by atoms with Gasteiger partial charge in [-0.1, -0.05) is 36.4 Å². The first-order valence-corrected chi connectivity index (χ1v) is 12.5. The van der Waals surface area contributed by atoms with Gasteiger partial charge in [-0.05, 0) is 55.0 Å². The van der Waals surface area contributed by atoms with Crippen LogP contribution in [0.5, 0.6) is 5.75 Å². The van der Waals surface area contributed by atoms with Crippen LogP contribution in [0, 0.1) is 0 Å². The summed E-state index contributed by atoms with van der Waals surface area (Å²) in [5.41, 5.74) is 1.82. The molecule has 1 aliphatic heterocycles. The summed E-state index contributed by atoms with van der Waals surface area (Å²) >= 11 is 0. The van der Waals surface area contributed by atoms with Gasteiger partial charge < -0.3 is 14.4 Å². The lowest BCUT2D eigenvalue weighted by Crippen LogP contribution is -2.46. The van der Waals surface area contributed by atoms with Crippen molar-refractivity contribution in [1.29, 1.82) is 0 Å². The van der Waals surface area contributed by atoms with E-state index < -0.39 is 10.0 Å². The van der Waals surface area contributed by atoms with E-state index in [4.69, 9.17) is 9.47 Å². The minimum Gasteiger partial charge on any atom is -0.497 e. The average molecular weight is 481 g/mol. The molecule has 1 amide bonds. The number of carbonyl (C=O) groups is 1. The Morgan fingerprint density at radius 2 is 1.71 bits per heavy atom. The molecule has 1 saturated heterocycles. The van der Waals surface area contributed by atoms with Gasteiger partial charge in [0.25, 0.3) is 15.9 Å². The number of benzene rings is 3. The summed E-state index contributed by atoms with van der Waals surface area (Å²) in [5, 5.41) is 0. The molecule has 0 N–H and O–H groups in total. The maximum Gasteiger partial charge on any atom is 0.264 e. The van der Waals surface area contributed by atoms with Crippen LogP contribution >= 0.6 is 0 Å². The molecule has 8 heteroatoms. The van der Waals surface area contributed by atoms with Crippen LogP contribution in [0.1, 0.15) is 28.9 Å². The molecule has 0 spiro atoms. The third-order valence-electron chi connectivity index (χ3n) is 5.89. The fourth-order valence-electron chi connectivity index (χ4n) is 4.03. The predicted octanol–water partition coefficient (Wildman–Crippen LogP) is 4.12. The summed E-state index contributed by atoms with van der Waals surface area (Å²) in [4.78, 5) is 15.1. The quantitative estimate of drug-likeness (QED) is 0.531. The summed E-state index contributed by atoms with van der Waals surface area (Å²) in [7, 11) is -0.829. The molecule has 1 aliphatic rings. The zero-order chi connectivity index (χ0) is 24.3. The van der Waals surface area contributed by atoms with Crippen molar-refractivity contribution in [3.8, 4) is 5.75 Å². The number of sulfonamides is 1. The molecule has 0 radical (unpaired) electrons. The van der Waals surface area contributed by atoms with Crippen molar-refractivity contribution in [2.75, 3.05) is 31.6 Å². The zero-order valence-electron chi connectivity index (χ0n) is 19.4. The molecule has 0 aliphatic carbocycles. The van der Waals surface area contributed by atoms with Crippen molar-refractivity contribution in [3.05, 3.63) is 90.0 Å². The number of hydrogen-bond acceptors (Lipinski definition) is 5. The Balaban J connectivity index is 1.56. The first-order chi connectivity index (χ1) is 16.3. The molecule has 3 aromatic rings. The normalized spacial score (nSPS) is 18.4. The molecule has 1 fully saturated rings. The Morgan fingerprint density at radius 3 is 2.38 bits per heavy atom. The van der Waals surface area contributed by atoms with E-state index in [9.17, 15) is 13.2 Å². The molecule has 1 heterocycles. The molecule has 0 aromatic heterocycles. The number of methoxy groups -OCH3 is 1. The van der Waals surface area contributed by atoms with Gasteiger partial charge >= 0.3 is 0 Å². The second kappa shape index (κ2) is 9.87. The van der Waals surface area contributed by atoms with E-state index in [2.05, 4.69) is 0 Å². The van der Waals surface area contributed by atoms with Gasteiger partial charge in [-0.15, -0.1) is 0 Å². The third kappa shape index (κ3) is 4.93. The number of nitrogens with zero attached hydrogens (tertiary/aromatic N) is 2. The Kier molecular flexibility index (Phi) is 6.90. The second-order valence-corrected chi connectivity index (χ2v) is 10.2. The van der Waals surface area contributed by atoms with Crippen LogP contribution in [-0.4, -0.2) is 52.6 Å². The van der Waals surface area contributed by atoms with Crippen molar-refractivity contribution >= 4 is 21.6 Å². The summed E-state index contributed by atoms with van der Waals surface area (Å²) < 4.78 is 38.9. The van der Waals surface area contributed by atoms with Crippen LogP contribution in [-0.2, 0) is 14.8 Å². The van der Waals surface area contributed by atoms with Crippen molar-refractivity contribution in [1.82, 2.24) is 4.90 Å². The van der Waals surface area contributed by atoms with Crippen LogP contribution < -0.4 is 9.04 Å². The molecular formula is C26H28N2O5S. The molecule has 2 atom stereocenters. The van der Waals surface area contributed by atoms with Gasteiger partial charge in [0.05, 0.1) is 30.3 Å². The van der Waals surface area contributed by atoms with Crippen LogP contribution in [0.4, 0.5) is 5.69 Å². The van der Waals surface area contributed by atoms with E-state index in [1.165, 1.54) is 23.5 Å². The number of amides is 1. The van der Waals surface area contributed by atoms with E-state index >= 15 is 0 Å². The maximum atomic E-state index is 13.4. The lowest BCUT2D eigenvalue weighted by atomic mass is 10.1. The van der Waals surface area contributed by atoms with Gasteiger partial charge in [0, 0.05) is 19.2 Å². The van der Waals surface area contributed by atoms with Crippen LogP contribution in [0.25, 0.3) is 0 Å². The summed E-state index contributed by atoms with van der Waals surface area (Å²) in [6.07, 6.45) is -0.377. The maximum absolute atomic E-state index is 13.4. The highest BCUT2D eigenvalue weighted by molar-refractivity contribution is 7.92. The van der Waals surface area contributed by atoms with E-state index in [1.54, 1.807) is 48.4 Å². The number of anilines is 1. The number of rotatable bonds is 6. The summed E-state index contributed by atoms with van der Waals surface area (Å²) in [6.45, 7) is 2.76. The smallest absolute Gasteiger partial charge is 0.264 e. The summed E-state index contributed by atoms with van der Waals surface area (Å²) in [5.74, 6) is 0.413. The Morgan fingerprint density at radius 1 is 1.00 bits per heavy atom. The standard InChI is InChI=1S/C26H28N2O5S/c1-19-17-28(18-25(33-19)20-8-5-4-6-9-20)26(29)21-10-7-11-24(16-21)34(30,31)27(2)22-12-14-23(32-3)15-13-22/h4-16,19,25H,17-18H2,1-3H3. The van der Waals surface area contributed by atoms with Gasteiger partial charge in [0.1, 0.15) is 11.9 Å². The minimum absolute atomic E-state index is 0.0533. The van der Waals surface area contributed by atoms with Gasteiger partial charge in [-0.25, -0.2) is 8.42 Å². The highest BCUT2D eigenvalue weighted by Gasteiger charge is 2.31. The van der Waals surface area contributed by atoms with E-state index in [1.807, 2.05) is 37.3 Å². The van der Waals surface area contributed by atoms with Gasteiger partial charge in [-0.3, -0.25) is 9.10 Å². The molecular weight excluding hydrogens is 452 g/mol. The van der Waals surface area contributed by atoms with E-state index in [0.29, 0.717) is 30.1 Å². The van der Waals surface area contributed by atoms with Crippen molar-refractivity contribution in [2.24, 2.45) is 0 Å². The SMILES string of the molecule is COc1ccc(N(C)S(=O)(=O)c2cccc(C(=O)N3CC(C)OC(c4ccccc4)C3)c2)cc1. The topological polar surface area (TPSA) is 76.2 Å². The van der Waals surface area contributed by atoms with E-state index in [0.717, 1.165) is 5.56 Å². The lowest BCUT2D eigenvalue weighted by molar-refractivity contribution is -0.0691. The average Bonchev–Trinajstić information content (AvgIpc) is 2.88. The first-order valence-electron chi connectivity index (χ1n) is 11.0. The summed E-state index contributed by atoms with van der Waals surface area (Å²) in [6, 6.07) is 22.7. The fraction of sp³-hybridized carbons (Fsp3) is 0.269. The fourth-order valence-corrected chi connectivity index (χ4v) is 5.27. The highest BCUT2D eigenvalue weighted by Crippen LogP contribution is 2.28. The molecule has 4 rings (SSSR count). The Labute approximate surface area is 200 Å². The number of ether oxygens (including phenoxy) is 2. The first kappa shape index (κ1) is 23.8. The molecule has 178 valence electrons. The highest BCUT2D eigenvalue weighted by atomic mass is 32.2. The van der Waals surface area contributed by atoms with Gasteiger partial charge in [0.2, 0.25) is 0 Å². The van der Waals surface area contributed by atoms with Crippen LogP contribution in [0.15, 0.2) is 83.8 Å². The van der Waals surface area contributed by atoms with Crippen molar-refractivity contribution in [2.45, 2.75) is 24.0 Å². The lowest BCUT2D eigenvalue weighted by Gasteiger charge is -2.37. The molecule has 7 nitrogen and oxygen atoms in total. The number of morpholine rings is 1. The van der Waals surface area contributed by atoms with E-state index in [-0.39, 0.29) is 23.0 Å². The third-order valence-corrected chi connectivity index (χ3v) is 7.68. The molecule has 0 saturated carbocycles. The monoisotopic (exact) mass is 480 g/mol. The van der Waals surface area contributed by atoms with Gasteiger partial charge in [0.15, 0.2) is 0 Å². The zero-order valence-corrected chi connectivity index (χ0v) is 20.2. The Hall–Kier alpha value is -3.36.